The van der Waals surface area contributed by atoms with Gasteiger partial charge in [0.05, 0.1) is 26.6 Å². The van der Waals surface area contributed by atoms with Gasteiger partial charge in [0.25, 0.3) is 0 Å². The summed E-state index contributed by atoms with van der Waals surface area (Å²) in [5.41, 5.74) is 1.23. The number of aromatic nitrogens is 1. The van der Waals surface area contributed by atoms with Crippen molar-refractivity contribution in [1.29, 1.82) is 5.26 Å². The van der Waals surface area contributed by atoms with E-state index >= 15 is 0 Å². The molecule has 11 heteroatoms. The Hall–Kier alpha value is -2.26. The lowest BCUT2D eigenvalue weighted by Gasteiger charge is -2.30. The molecular weight excluding hydrogens is 456 g/mol. The first-order valence-corrected chi connectivity index (χ1v) is 12.9. The standard InChI is InChI=1S/C20H22N4O4S3/c1-13-19(29-12-9-21)30-20(22-13)23-18(26)16-7-10-24(11-8-16)31(27,28)17-5-3-15(4-6-17)14(2)25/h3-6,16H,7-8,10-12H2,1-2H3,(H,22,23,26). The zero-order chi connectivity index (χ0) is 22.6. The third-order valence-electron chi connectivity index (χ3n) is 4.98. The van der Waals surface area contributed by atoms with Gasteiger partial charge in [-0.2, -0.15) is 9.57 Å². The molecule has 164 valence electrons. The Bertz CT molecular complexity index is 1110. The number of anilines is 1. The van der Waals surface area contributed by atoms with Crippen LogP contribution in [0.3, 0.4) is 0 Å². The molecule has 1 aliphatic heterocycles. The smallest absolute Gasteiger partial charge is 0.243 e. The van der Waals surface area contributed by atoms with Crippen molar-refractivity contribution >= 4 is 49.9 Å². The fourth-order valence-corrected chi connectivity index (χ4v) is 6.52. The van der Waals surface area contributed by atoms with E-state index in [0.717, 1.165) is 9.90 Å². The summed E-state index contributed by atoms with van der Waals surface area (Å²) in [4.78, 5) is 28.5. The lowest BCUT2D eigenvalue weighted by Crippen LogP contribution is -2.41. The lowest BCUT2D eigenvalue weighted by atomic mass is 9.97. The maximum atomic E-state index is 12.9. The van der Waals surface area contributed by atoms with Crippen LogP contribution in [-0.4, -0.2) is 48.2 Å². The van der Waals surface area contributed by atoms with Gasteiger partial charge in [-0.25, -0.2) is 13.4 Å². The number of carbonyl (C=O) groups is 2. The second-order valence-electron chi connectivity index (χ2n) is 7.09. The number of carbonyl (C=O) groups excluding carboxylic acids is 2. The summed E-state index contributed by atoms with van der Waals surface area (Å²) in [7, 11) is -3.67. The second kappa shape index (κ2) is 9.91. The van der Waals surface area contributed by atoms with Gasteiger partial charge in [-0.05, 0) is 38.8 Å². The lowest BCUT2D eigenvalue weighted by molar-refractivity contribution is -0.120. The fourth-order valence-electron chi connectivity index (χ4n) is 3.24. The van der Waals surface area contributed by atoms with Crippen LogP contribution < -0.4 is 5.32 Å². The second-order valence-corrected chi connectivity index (χ2v) is 11.3. The first-order chi connectivity index (χ1) is 14.7. The van der Waals surface area contributed by atoms with Gasteiger partial charge in [-0.3, -0.25) is 9.59 Å². The first-order valence-electron chi connectivity index (χ1n) is 9.61. The van der Waals surface area contributed by atoms with Gasteiger partial charge >= 0.3 is 0 Å². The van der Waals surface area contributed by atoms with Gasteiger partial charge in [0.1, 0.15) is 0 Å². The number of nitriles is 1. The van der Waals surface area contributed by atoms with Crippen molar-refractivity contribution in [3.63, 3.8) is 0 Å². The molecule has 1 N–H and O–H groups in total. The number of aryl methyl sites for hydroxylation is 1. The van der Waals surface area contributed by atoms with Crippen LogP contribution in [0.1, 0.15) is 35.8 Å². The molecule has 2 heterocycles. The van der Waals surface area contributed by atoms with Crippen molar-refractivity contribution < 1.29 is 18.0 Å². The number of nitrogens with one attached hydrogen (secondary N) is 1. The third-order valence-corrected chi connectivity index (χ3v) is 9.19. The molecule has 0 saturated carbocycles. The summed E-state index contributed by atoms with van der Waals surface area (Å²) >= 11 is 2.72. The van der Waals surface area contributed by atoms with Gasteiger partial charge in [0.15, 0.2) is 10.9 Å². The summed E-state index contributed by atoms with van der Waals surface area (Å²) in [6.45, 7) is 3.75. The van der Waals surface area contributed by atoms with Crippen LogP contribution in [0.2, 0.25) is 0 Å². The number of ketones is 1. The molecule has 3 rings (SSSR count). The van der Waals surface area contributed by atoms with Crippen molar-refractivity contribution in [2.24, 2.45) is 5.92 Å². The molecule has 0 unspecified atom stereocenters. The number of hydrogen-bond donors (Lipinski definition) is 1. The van der Waals surface area contributed by atoms with Crippen molar-refractivity contribution in [1.82, 2.24) is 9.29 Å². The summed E-state index contributed by atoms with van der Waals surface area (Å²) in [6, 6.07) is 7.97. The molecule has 0 aliphatic carbocycles. The van der Waals surface area contributed by atoms with Gasteiger partial charge in [0, 0.05) is 24.6 Å². The Balaban J connectivity index is 1.59. The van der Waals surface area contributed by atoms with Gasteiger partial charge in [-0.15, -0.1) is 0 Å². The first kappa shape index (κ1) is 23.4. The highest BCUT2D eigenvalue weighted by Crippen LogP contribution is 2.32. The maximum Gasteiger partial charge on any atom is 0.243 e. The maximum absolute atomic E-state index is 12.9. The monoisotopic (exact) mass is 478 g/mol. The Morgan fingerprint density at radius 3 is 2.52 bits per heavy atom. The summed E-state index contributed by atoms with van der Waals surface area (Å²) in [5.74, 6) is -0.276. The van der Waals surface area contributed by atoms with E-state index in [-0.39, 0.29) is 35.6 Å². The van der Waals surface area contributed by atoms with Crippen LogP contribution in [0.5, 0.6) is 0 Å². The topological polar surface area (TPSA) is 120 Å². The van der Waals surface area contributed by atoms with E-state index in [1.54, 1.807) is 0 Å². The number of Topliss-reactive ketones (excluding diaryl/α,β-unsaturated/α-hetero) is 1. The van der Waals surface area contributed by atoms with Crippen molar-refractivity contribution in [2.45, 2.75) is 35.8 Å². The van der Waals surface area contributed by atoms with E-state index in [1.807, 2.05) is 6.92 Å². The van der Waals surface area contributed by atoms with Crippen molar-refractivity contribution in [3.8, 4) is 6.07 Å². The predicted molar refractivity (Wildman–Crippen MR) is 120 cm³/mol. The van der Waals surface area contributed by atoms with E-state index in [9.17, 15) is 18.0 Å². The average Bonchev–Trinajstić information content (AvgIpc) is 3.11. The molecule has 1 amide bonds. The molecular formula is C20H22N4O4S3. The van der Waals surface area contributed by atoms with Crippen molar-refractivity contribution in [2.75, 3.05) is 24.2 Å². The van der Waals surface area contributed by atoms with E-state index in [1.165, 1.54) is 58.6 Å². The Labute approximate surface area is 189 Å². The molecule has 1 aliphatic rings. The van der Waals surface area contributed by atoms with Crippen LogP contribution in [0, 0.1) is 24.2 Å². The number of amides is 1. The number of thioether (sulfide) groups is 1. The molecule has 0 spiro atoms. The number of piperidine rings is 1. The molecule has 1 aromatic heterocycles. The van der Waals surface area contributed by atoms with Crippen LogP contribution >= 0.6 is 23.1 Å². The number of rotatable bonds is 7. The normalized spacial score (nSPS) is 15.4. The molecule has 31 heavy (non-hydrogen) atoms. The quantitative estimate of drug-likeness (QED) is 0.479. The van der Waals surface area contributed by atoms with E-state index in [0.29, 0.717) is 29.3 Å². The largest absolute Gasteiger partial charge is 0.302 e. The highest BCUT2D eigenvalue weighted by molar-refractivity contribution is 8.01. The molecule has 8 nitrogen and oxygen atoms in total. The number of thiazole rings is 1. The van der Waals surface area contributed by atoms with Crippen LogP contribution in [-0.2, 0) is 14.8 Å². The van der Waals surface area contributed by atoms with Gasteiger partial charge in [0.2, 0.25) is 15.9 Å². The van der Waals surface area contributed by atoms with Crippen LogP contribution in [0.4, 0.5) is 5.13 Å². The van der Waals surface area contributed by atoms with E-state index in [2.05, 4.69) is 16.4 Å². The number of nitrogens with zero attached hydrogens (tertiary/aromatic N) is 3. The van der Waals surface area contributed by atoms with E-state index < -0.39 is 10.0 Å². The molecule has 1 saturated heterocycles. The molecule has 2 aromatic rings. The zero-order valence-electron chi connectivity index (χ0n) is 17.1. The fraction of sp³-hybridized carbons (Fsp3) is 0.400. The predicted octanol–water partition coefficient (Wildman–Crippen LogP) is 3.31. The summed E-state index contributed by atoms with van der Waals surface area (Å²) in [6.07, 6.45) is 0.827. The van der Waals surface area contributed by atoms with E-state index in [4.69, 9.17) is 5.26 Å². The Morgan fingerprint density at radius 1 is 1.29 bits per heavy atom. The third kappa shape index (κ3) is 5.51. The van der Waals surface area contributed by atoms with Crippen molar-refractivity contribution in [3.05, 3.63) is 35.5 Å². The minimum Gasteiger partial charge on any atom is -0.302 e. The number of benzene rings is 1. The highest BCUT2D eigenvalue weighted by Gasteiger charge is 2.32. The van der Waals surface area contributed by atoms with Crippen LogP contribution in [0.15, 0.2) is 33.4 Å². The SMILES string of the molecule is CC(=O)c1ccc(S(=O)(=O)N2CCC(C(=O)Nc3nc(C)c(SCC#N)s3)CC2)cc1. The molecule has 1 fully saturated rings. The average molecular weight is 479 g/mol. The minimum atomic E-state index is -3.67. The Kier molecular flexibility index (Phi) is 7.48. The molecule has 0 atom stereocenters. The summed E-state index contributed by atoms with van der Waals surface area (Å²) < 4.78 is 28.0. The summed E-state index contributed by atoms with van der Waals surface area (Å²) in [5, 5.41) is 12.0. The van der Waals surface area contributed by atoms with Gasteiger partial charge in [-0.1, -0.05) is 35.2 Å². The van der Waals surface area contributed by atoms with Crippen LogP contribution in [0.25, 0.3) is 0 Å². The molecule has 1 aromatic carbocycles. The number of sulfonamides is 1. The zero-order valence-corrected chi connectivity index (χ0v) is 19.6. The molecule has 0 bridgehead atoms. The Morgan fingerprint density at radius 2 is 1.94 bits per heavy atom. The minimum absolute atomic E-state index is 0.123. The highest BCUT2D eigenvalue weighted by atomic mass is 32.2. The number of hydrogen-bond acceptors (Lipinski definition) is 8. The molecule has 0 radical (unpaired) electrons. The van der Waals surface area contributed by atoms with Gasteiger partial charge < -0.3 is 5.32 Å².